The van der Waals surface area contributed by atoms with Gasteiger partial charge in [0.25, 0.3) is 21.6 Å². The number of pyridine rings is 1. The summed E-state index contributed by atoms with van der Waals surface area (Å²) in [4.78, 5) is 41.3. The fourth-order valence-electron chi connectivity index (χ4n) is 12.1. The number of aromatic nitrogens is 2. The summed E-state index contributed by atoms with van der Waals surface area (Å²) in [5.41, 5.74) is 4.24. The van der Waals surface area contributed by atoms with Gasteiger partial charge in [-0.15, -0.1) is 0 Å². The number of amides is 1. The quantitative estimate of drug-likeness (QED) is 0.0749. The first-order chi connectivity index (χ1) is 34.4. The molecule has 4 saturated heterocycles. The highest BCUT2D eigenvalue weighted by atomic mass is 32.2. The molecule has 11 rings (SSSR count). The highest BCUT2D eigenvalue weighted by Crippen LogP contribution is 2.55. The van der Waals surface area contributed by atoms with Gasteiger partial charge in [-0.2, -0.15) is 4.98 Å². The molecule has 18 heteroatoms. The number of para-hydroxylation sites is 1. The highest BCUT2D eigenvalue weighted by molar-refractivity contribution is 7.90. The number of likely N-dealkylation sites (tertiary alicyclic amines) is 1. The number of nitrogens with zero attached hydrogens (tertiary/aromatic N) is 5. The monoisotopic (exact) mass is 988 g/mol. The lowest BCUT2D eigenvalue weighted by molar-refractivity contribution is -0.384. The van der Waals surface area contributed by atoms with E-state index in [1.807, 2.05) is 30.5 Å². The molecule has 5 aromatic rings. The third-order valence-electron chi connectivity index (χ3n) is 16.0. The molecule has 17 nitrogen and oxygen atoms in total. The summed E-state index contributed by atoms with van der Waals surface area (Å²) >= 11 is 0. The molecule has 3 N–H and O–H groups in total. The molecule has 3 atom stereocenters. The fourth-order valence-corrected chi connectivity index (χ4v) is 13.1. The Morgan fingerprint density at radius 1 is 0.958 bits per heavy atom. The van der Waals surface area contributed by atoms with Crippen LogP contribution in [0.1, 0.15) is 93.6 Å². The fraction of sp³-hybridized carbons (Fsp3) is 0.509. The van der Waals surface area contributed by atoms with Gasteiger partial charge in [-0.1, -0.05) is 18.2 Å². The molecule has 6 aliphatic rings. The maximum absolute atomic E-state index is 14.7. The van der Waals surface area contributed by atoms with E-state index in [9.17, 15) is 23.3 Å². The van der Waals surface area contributed by atoms with Gasteiger partial charge in [0.05, 0.1) is 33.8 Å². The number of aromatic amines is 1. The average molecular weight is 989 g/mol. The van der Waals surface area contributed by atoms with Gasteiger partial charge in [-0.25, -0.2) is 13.1 Å². The van der Waals surface area contributed by atoms with Gasteiger partial charge in [-0.05, 0) is 138 Å². The van der Waals surface area contributed by atoms with E-state index in [1.54, 1.807) is 6.07 Å². The molecule has 5 fully saturated rings. The van der Waals surface area contributed by atoms with E-state index in [-0.39, 0.29) is 40.7 Å². The Balaban J connectivity index is 0.868. The molecule has 1 aliphatic carbocycles. The molecule has 0 radical (unpaired) electrons. The van der Waals surface area contributed by atoms with Crippen LogP contribution >= 0.6 is 0 Å². The van der Waals surface area contributed by atoms with Crippen molar-refractivity contribution < 1.29 is 37.1 Å². The Kier molecular flexibility index (Phi) is 13.1. The Hall–Kier alpha value is -5.95. The second-order valence-electron chi connectivity index (χ2n) is 20.8. The molecule has 0 bridgehead atoms. The molecule has 1 amide bonds. The van der Waals surface area contributed by atoms with Gasteiger partial charge in [0, 0.05) is 92.9 Å². The van der Waals surface area contributed by atoms with Crippen LogP contribution in [0.2, 0.25) is 0 Å². The van der Waals surface area contributed by atoms with Crippen molar-refractivity contribution in [2.45, 2.75) is 101 Å². The zero-order valence-electron chi connectivity index (χ0n) is 40.5. The van der Waals surface area contributed by atoms with Crippen molar-refractivity contribution in [2.75, 3.05) is 74.3 Å². The zero-order valence-corrected chi connectivity index (χ0v) is 41.3. The van der Waals surface area contributed by atoms with E-state index < -0.39 is 31.4 Å². The van der Waals surface area contributed by atoms with Crippen LogP contribution in [0.5, 0.6) is 11.6 Å². The predicted molar refractivity (Wildman–Crippen MR) is 270 cm³/mol. The molecule has 1 saturated carbocycles. The third kappa shape index (κ3) is 9.63. The average Bonchev–Trinajstić information content (AvgIpc) is 4.01. The third-order valence-corrected chi connectivity index (χ3v) is 17.3. The SMILES string of the molecule is CC(C)Oc1ccccc1[C@@H]1CCCN1C1CC2(CCN(c3ccc(C(=O)NS(=O)(=O)c4ccc(NCC5CCOCC5)c([N+](=O)[O-])c4)c(N4C[C@@H]5CCOC[C@@H]5Oc5nc6[nH]ccc6cc54)c3)CC2)C1. The Morgan fingerprint density at radius 2 is 1.76 bits per heavy atom. The number of nitro groups is 1. The van der Waals surface area contributed by atoms with Crippen molar-refractivity contribution in [2.24, 2.45) is 17.3 Å². The van der Waals surface area contributed by atoms with Crippen LogP contribution in [0.15, 0.2) is 83.9 Å². The van der Waals surface area contributed by atoms with Crippen molar-refractivity contribution in [3.63, 3.8) is 0 Å². The highest BCUT2D eigenvalue weighted by Gasteiger charge is 2.50. The minimum Gasteiger partial charge on any atom is -0.491 e. The molecule has 5 aliphatic heterocycles. The largest absolute Gasteiger partial charge is 0.491 e. The predicted octanol–water partition coefficient (Wildman–Crippen LogP) is 8.74. The van der Waals surface area contributed by atoms with Crippen molar-refractivity contribution in [1.82, 2.24) is 19.6 Å². The summed E-state index contributed by atoms with van der Waals surface area (Å²) < 4.78 is 54.8. The molecule has 7 heterocycles. The van der Waals surface area contributed by atoms with E-state index in [1.165, 1.54) is 37.0 Å². The van der Waals surface area contributed by atoms with E-state index in [4.69, 9.17) is 23.9 Å². The van der Waals surface area contributed by atoms with Crippen LogP contribution in [0.25, 0.3) is 11.0 Å². The number of carbonyl (C=O) groups is 1. The van der Waals surface area contributed by atoms with Crippen molar-refractivity contribution >= 4 is 55.4 Å². The molecule has 3 aromatic carbocycles. The number of benzene rings is 3. The van der Waals surface area contributed by atoms with E-state index in [0.717, 1.165) is 74.6 Å². The van der Waals surface area contributed by atoms with Crippen LogP contribution in [-0.2, 0) is 19.5 Å². The molecule has 1 spiro atoms. The van der Waals surface area contributed by atoms with E-state index >= 15 is 0 Å². The van der Waals surface area contributed by atoms with Gasteiger partial charge in [0.1, 0.15) is 28.9 Å². The van der Waals surface area contributed by atoms with Crippen molar-refractivity contribution in [3.05, 3.63) is 100 Å². The second kappa shape index (κ2) is 19.6. The number of piperidine rings is 1. The summed E-state index contributed by atoms with van der Waals surface area (Å²) in [6.07, 6.45) is 10.7. The first-order valence-corrected chi connectivity index (χ1v) is 27.0. The van der Waals surface area contributed by atoms with E-state index in [2.05, 4.69) is 67.8 Å². The van der Waals surface area contributed by atoms with Crippen LogP contribution in [0, 0.1) is 27.4 Å². The number of nitrogens with one attached hydrogen (secondary N) is 3. The molecule has 376 valence electrons. The number of anilines is 4. The minimum atomic E-state index is -4.59. The summed E-state index contributed by atoms with van der Waals surface area (Å²) in [5, 5.41) is 16.3. The lowest BCUT2D eigenvalue weighted by atomic mass is 9.60. The zero-order chi connectivity index (χ0) is 48.9. The van der Waals surface area contributed by atoms with Crippen molar-refractivity contribution in [3.8, 4) is 11.6 Å². The first kappa shape index (κ1) is 47.4. The summed E-state index contributed by atoms with van der Waals surface area (Å²) in [6, 6.07) is 22.7. The van der Waals surface area contributed by atoms with E-state index in [0.29, 0.717) is 80.9 Å². The molecular weight excluding hydrogens is 925 g/mol. The van der Waals surface area contributed by atoms with Crippen LogP contribution < -0.4 is 29.3 Å². The Bertz CT molecular complexity index is 2890. The van der Waals surface area contributed by atoms with Crippen molar-refractivity contribution in [1.29, 1.82) is 0 Å². The second-order valence-corrected chi connectivity index (χ2v) is 22.5. The van der Waals surface area contributed by atoms with Gasteiger partial charge in [0.2, 0.25) is 5.88 Å². The summed E-state index contributed by atoms with van der Waals surface area (Å²) in [7, 11) is -4.59. The van der Waals surface area contributed by atoms with Gasteiger partial charge in [0.15, 0.2) is 0 Å². The smallest absolute Gasteiger partial charge is 0.293 e. The topological polar surface area (TPSA) is 194 Å². The number of hydrogen-bond acceptors (Lipinski definition) is 14. The minimum absolute atomic E-state index is 0.00605. The summed E-state index contributed by atoms with van der Waals surface area (Å²) in [6.45, 7) is 10.1. The van der Waals surface area contributed by atoms with Crippen LogP contribution in [0.3, 0.4) is 0 Å². The number of sulfonamides is 1. The number of nitro benzene ring substituents is 1. The molecule has 71 heavy (non-hydrogen) atoms. The first-order valence-electron chi connectivity index (χ1n) is 25.5. The molecule has 0 unspecified atom stereocenters. The maximum Gasteiger partial charge on any atom is 0.293 e. The number of hydrogen-bond donors (Lipinski definition) is 3. The lowest BCUT2D eigenvalue weighted by Crippen LogP contribution is -2.54. The van der Waals surface area contributed by atoms with Crippen LogP contribution in [-0.4, -0.2) is 112 Å². The summed E-state index contributed by atoms with van der Waals surface area (Å²) in [5.74, 6) is 0.794. The lowest BCUT2D eigenvalue weighted by Gasteiger charge is -2.56. The number of fused-ring (bicyclic) bond motifs is 3. The van der Waals surface area contributed by atoms with Gasteiger partial charge in [-0.3, -0.25) is 19.8 Å². The normalized spacial score (nSPS) is 22.9. The van der Waals surface area contributed by atoms with Crippen LogP contribution in [0.4, 0.5) is 28.4 Å². The standard InChI is InChI=1S/C53H64N8O9S/c1-34(2)69-48-8-4-3-6-41(48)44-7-5-20-59(44)39-29-53(30-39)17-21-58(22-18-53)38-9-11-42(45(27-38)60-32-37-16-25-68-33-49(37)70-52-47(60)26-36-13-19-54-50(36)56-52)51(62)57-71(65,66)40-10-12-43(46(28-40)61(63)64)55-31-35-14-23-67-24-15-35/h3-4,6,8-13,19,26-28,34-35,37,39,44,49,55H,5,7,14-18,20-25,29-33H2,1-2H3,(H,54,56)(H,57,62)/t37-,44-,49-/m0/s1. The molecule has 2 aromatic heterocycles. The Labute approximate surface area is 414 Å². The Morgan fingerprint density at radius 3 is 2.56 bits per heavy atom. The van der Waals surface area contributed by atoms with Gasteiger partial charge < -0.3 is 39.0 Å². The number of carbonyl (C=O) groups excluding carboxylic acids is 1. The van der Waals surface area contributed by atoms with Gasteiger partial charge >= 0.3 is 0 Å². The molecular formula is C53H64N8O9S. The number of rotatable bonds is 13. The number of ether oxygens (including phenoxy) is 4. The number of H-pyrrole nitrogens is 1. The maximum atomic E-state index is 14.7.